The number of nitriles is 1. The summed E-state index contributed by atoms with van der Waals surface area (Å²) in [5.41, 5.74) is 0.513. The normalized spacial score (nSPS) is 15.7. The van der Waals surface area contributed by atoms with E-state index in [4.69, 9.17) is 4.42 Å². The Labute approximate surface area is 163 Å². The monoisotopic (exact) mass is 390 g/mol. The summed E-state index contributed by atoms with van der Waals surface area (Å²) in [5, 5.41) is 36.2. The number of aromatic nitrogens is 2. The van der Waals surface area contributed by atoms with Crippen molar-refractivity contribution in [1.29, 1.82) is 5.26 Å². The maximum Gasteiger partial charge on any atom is 0.297 e. The largest absolute Gasteiger partial charge is 0.501 e. The van der Waals surface area contributed by atoms with E-state index < -0.39 is 27.9 Å². The Morgan fingerprint density at radius 2 is 2.07 bits per heavy atom. The topological polar surface area (TPSA) is 135 Å². The van der Waals surface area contributed by atoms with Crippen LogP contribution in [0.2, 0.25) is 0 Å². The lowest BCUT2D eigenvalue weighted by molar-refractivity contribution is -0.430. The molecule has 0 fully saturated rings. The van der Waals surface area contributed by atoms with Crippen molar-refractivity contribution in [3.8, 4) is 11.8 Å². The highest BCUT2D eigenvalue weighted by atomic mass is 16.6. The Morgan fingerprint density at radius 1 is 1.34 bits per heavy atom. The molecular weight excluding hydrogens is 376 g/mol. The van der Waals surface area contributed by atoms with Gasteiger partial charge in [-0.15, -0.1) is 0 Å². The summed E-state index contributed by atoms with van der Waals surface area (Å²) in [4.78, 5) is 23.9. The number of furan rings is 1. The molecule has 0 amide bonds. The van der Waals surface area contributed by atoms with Gasteiger partial charge in [0.2, 0.25) is 5.76 Å². The highest BCUT2D eigenvalue weighted by Crippen LogP contribution is 2.39. The van der Waals surface area contributed by atoms with Gasteiger partial charge >= 0.3 is 0 Å². The van der Waals surface area contributed by atoms with Gasteiger partial charge in [0, 0.05) is 11.1 Å². The first kappa shape index (κ1) is 18.2. The van der Waals surface area contributed by atoms with Crippen LogP contribution in [0.15, 0.2) is 57.8 Å². The Balaban J connectivity index is 2.00. The second kappa shape index (κ2) is 6.76. The third-order valence-electron chi connectivity index (χ3n) is 4.93. The molecule has 3 aromatic rings. The fourth-order valence-corrected chi connectivity index (χ4v) is 3.47. The van der Waals surface area contributed by atoms with Crippen LogP contribution in [-0.2, 0) is 6.42 Å². The van der Waals surface area contributed by atoms with Gasteiger partial charge in [-0.3, -0.25) is 14.9 Å². The number of rotatable bonds is 3. The summed E-state index contributed by atoms with van der Waals surface area (Å²) in [7, 11) is 0. The minimum absolute atomic E-state index is 0.0326. The smallest absolute Gasteiger partial charge is 0.297 e. The molecule has 1 aliphatic rings. The van der Waals surface area contributed by atoms with Crippen molar-refractivity contribution in [3.63, 3.8) is 0 Å². The first-order valence-corrected chi connectivity index (χ1v) is 8.65. The lowest BCUT2D eigenvalue weighted by Crippen LogP contribution is -2.31. The minimum Gasteiger partial charge on any atom is -0.501 e. The maximum atomic E-state index is 12.9. The van der Waals surface area contributed by atoms with Crippen molar-refractivity contribution in [2.24, 2.45) is 0 Å². The quantitative estimate of drug-likeness (QED) is 0.536. The van der Waals surface area contributed by atoms with Crippen LogP contribution in [0.4, 0.5) is 0 Å². The van der Waals surface area contributed by atoms with Crippen molar-refractivity contribution in [3.05, 3.63) is 97.0 Å². The standard InChI is InChI=1S/C20H14N4O5/c1-11-2-4-13(5-3-11)23-20(26)16(9-21)15-8-14(12-6-7-29-10-12)18(24(27)28)19(25)17(15)22-23/h2-7,10,14,25H,8H2,1H3. The van der Waals surface area contributed by atoms with Crippen LogP contribution in [0, 0.1) is 28.4 Å². The first-order chi connectivity index (χ1) is 13.9. The van der Waals surface area contributed by atoms with Gasteiger partial charge in [0.15, 0.2) is 0 Å². The zero-order valence-electron chi connectivity index (χ0n) is 15.2. The molecule has 0 saturated heterocycles. The lowest BCUT2D eigenvalue weighted by atomic mass is 9.83. The second-order valence-electron chi connectivity index (χ2n) is 6.67. The molecule has 2 aromatic heterocycles. The number of aliphatic hydroxyl groups excluding tert-OH is 1. The molecule has 144 valence electrons. The van der Waals surface area contributed by atoms with Gasteiger partial charge in [-0.2, -0.15) is 15.0 Å². The summed E-state index contributed by atoms with van der Waals surface area (Å²) < 4.78 is 5.99. The molecular formula is C20H14N4O5. The third-order valence-corrected chi connectivity index (χ3v) is 4.93. The maximum absolute atomic E-state index is 12.9. The molecule has 29 heavy (non-hydrogen) atoms. The highest BCUT2D eigenvalue weighted by Gasteiger charge is 2.40. The summed E-state index contributed by atoms with van der Waals surface area (Å²) in [6.07, 6.45) is 2.66. The van der Waals surface area contributed by atoms with Gasteiger partial charge in [0.05, 0.1) is 29.1 Å². The summed E-state index contributed by atoms with van der Waals surface area (Å²) in [6.45, 7) is 1.88. The van der Waals surface area contributed by atoms with Crippen LogP contribution in [-0.4, -0.2) is 19.8 Å². The molecule has 0 radical (unpaired) electrons. The number of benzene rings is 1. The summed E-state index contributed by atoms with van der Waals surface area (Å²) in [5.74, 6) is -1.54. The van der Waals surface area contributed by atoms with E-state index in [-0.39, 0.29) is 23.2 Å². The molecule has 0 aliphatic heterocycles. The Morgan fingerprint density at radius 3 is 2.66 bits per heavy atom. The van der Waals surface area contributed by atoms with Gasteiger partial charge in [-0.05, 0) is 31.5 Å². The predicted octanol–water partition coefficient (Wildman–Crippen LogP) is 2.85. The number of hydrogen-bond acceptors (Lipinski definition) is 7. The van der Waals surface area contributed by atoms with E-state index in [9.17, 15) is 25.3 Å². The van der Waals surface area contributed by atoms with Gasteiger partial charge in [-0.25, -0.2) is 0 Å². The molecule has 2 heterocycles. The first-order valence-electron chi connectivity index (χ1n) is 8.65. The number of nitrogens with zero attached hydrogens (tertiary/aromatic N) is 4. The Hall–Kier alpha value is -4.19. The van der Waals surface area contributed by atoms with Crippen molar-refractivity contribution in [2.75, 3.05) is 0 Å². The van der Waals surface area contributed by atoms with E-state index in [0.29, 0.717) is 11.3 Å². The second-order valence-corrected chi connectivity index (χ2v) is 6.67. The molecule has 1 N–H and O–H groups in total. The van der Waals surface area contributed by atoms with Crippen LogP contribution >= 0.6 is 0 Å². The van der Waals surface area contributed by atoms with E-state index in [1.54, 1.807) is 30.3 Å². The molecule has 1 aromatic carbocycles. The zero-order valence-corrected chi connectivity index (χ0v) is 15.2. The molecule has 0 saturated carbocycles. The van der Waals surface area contributed by atoms with Gasteiger partial charge in [0.1, 0.15) is 17.3 Å². The van der Waals surface area contributed by atoms with Crippen molar-refractivity contribution in [1.82, 2.24) is 9.78 Å². The average molecular weight is 390 g/mol. The zero-order chi connectivity index (χ0) is 20.7. The van der Waals surface area contributed by atoms with Crippen molar-refractivity contribution in [2.45, 2.75) is 19.3 Å². The molecule has 1 aliphatic carbocycles. The molecule has 9 nitrogen and oxygen atoms in total. The molecule has 1 atom stereocenters. The van der Waals surface area contributed by atoms with Crippen molar-refractivity contribution >= 4 is 5.76 Å². The van der Waals surface area contributed by atoms with Crippen LogP contribution in [0.3, 0.4) is 0 Å². The van der Waals surface area contributed by atoms with E-state index in [1.165, 1.54) is 12.5 Å². The molecule has 4 rings (SSSR count). The van der Waals surface area contributed by atoms with Gasteiger partial charge in [-0.1, -0.05) is 17.7 Å². The van der Waals surface area contributed by atoms with Crippen LogP contribution in [0.5, 0.6) is 0 Å². The number of allylic oxidation sites excluding steroid dienone is 1. The number of aliphatic hydroxyl groups is 1. The van der Waals surface area contributed by atoms with E-state index in [0.717, 1.165) is 10.2 Å². The van der Waals surface area contributed by atoms with E-state index in [2.05, 4.69) is 5.10 Å². The SMILES string of the molecule is Cc1ccc(-n2nc3c(c(C#N)c2=O)CC(c2ccoc2)C([N+](=O)[O-])=C3O)cc1. The number of aryl methyl sites for hydroxylation is 1. The minimum atomic E-state index is -0.875. The molecule has 0 bridgehead atoms. The Bertz CT molecular complexity index is 1250. The van der Waals surface area contributed by atoms with Crippen LogP contribution in [0.25, 0.3) is 11.4 Å². The van der Waals surface area contributed by atoms with E-state index in [1.807, 2.05) is 13.0 Å². The summed E-state index contributed by atoms with van der Waals surface area (Å²) >= 11 is 0. The average Bonchev–Trinajstić information content (AvgIpc) is 3.23. The molecule has 0 spiro atoms. The Kier molecular flexibility index (Phi) is 4.24. The third kappa shape index (κ3) is 2.87. The lowest BCUT2D eigenvalue weighted by Gasteiger charge is -2.22. The predicted molar refractivity (Wildman–Crippen MR) is 101 cm³/mol. The number of fused-ring (bicyclic) bond motifs is 1. The number of hydrogen-bond donors (Lipinski definition) is 1. The van der Waals surface area contributed by atoms with Crippen LogP contribution < -0.4 is 5.56 Å². The molecule has 1 unspecified atom stereocenters. The molecule has 9 heteroatoms. The highest BCUT2D eigenvalue weighted by molar-refractivity contribution is 5.67. The van der Waals surface area contributed by atoms with Gasteiger partial charge < -0.3 is 9.52 Å². The van der Waals surface area contributed by atoms with Crippen LogP contribution in [0.1, 0.15) is 33.9 Å². The fourth-order valence-electron chi connectivity index (χ4n) is 3.47. The van der Waals surface area contributed by atoms with E-state index >= 15 is 0 Å². The fraction of sp³-hybridized carbons (Fsp3) is 0.150. The van der Waals surface area contributed by atoms with Crippen molar-refractivity contribution < 1.29 is 14.4 Å². The van der Waals surface area contributed by atoms with Gasteiger partial charge in [0.25, 0.3) is 11.3 Å². The summed E-state index contributed by atoms with van der Waals surface area (Å²) in [6, 6.07) is 10.2. The number of nitro groups is 1.